The molecular weight excluding hydrogens is 311 g/mol. The molecular formula is C15H16ClFN2OS. The summed E-state index contributed by atoms with van der Waals surface area (Å²) in [5.41, 5.74) is 1.45. The molecule has 1 aromatic heterocycles. The van der Waals surface area contributed by atoms with Crippen molar-refractivity contribution >= 4 is 40.1 Å². The minimum Gasteiger partial charge on any atom is -0.591 e. The van der Waals surface area contributed by atoms with Gasteiger partial charge in [0.25, 0.3) is 0 Å². The van der Waals surface area contributed by atoms with Gasteiger partial charge in [0.15, 0.2) is 0 Å². The van der Waals surface area contributed by atoms with Gasteiger partial charge in [0.05, 0.1) is 17.8 Å². The lowest BCUT2D eigenvalue weighted by atomic mass is 10.1. The Hall–Kier alpha value is -1.17. The molecule has 1 heterocycles. The van der Waals surface area contributed by atoms with E-state index in [1.54, 1.807) is 18.2 Å². The second-order valence-corrected chi connectivity index (χ2v) is 7.77. The molecule has 0 aliphatic heterocycles. The van der Waals surface area contributed by atoms with Crippen molar-refractivity contribution in [2.45, 2.75) is 31.4 Å². The third kappa shape index (κ3) is 3.73. The summed E-state index contributed by atoms with van der Waals surface area (Å²) >= 11 is 4.51. The Morgan fingerprint density at radius 2 is 2.14 bits per heavy atom. The molecule has 0 saturated carbocycles. The Morgan fingerprint density at radius 1 is 1.43 bits per heavy atom. The highest BCUT2D eigenvalue weighted by Crippen LogP contribution is 2.21. The highest BCUT2D eigenvalue weighted by molar-refractivity contribution is 7.91. The quantitative estimate of drug-likeness (QED) is 0.486. The molecule has 1 aromatic carbocycles. The van der Waals surface area contributed by atoms with Crippen LogP contribution in [0.2, 0.25) is 0 Å². The van der Waals surface area contributed by atoms with Crippen LogP contribution >= 0.6 is 11.6 Å². The lowest BCUT2D eigenvalue weighted by molar-refractivity contribution is 0.562. The third-order valence-corrected chi connectivity index (χ3v) is 4.44. The molecule has 2 rings (SSSR count). The van der Waals surface area contributed by atoms with E-state index >= 15 is 0 Å². The summed E-state index contributed by atoms with van der Waals surface area (Å²) in [6.07, 6.45) is 1.50. The average molecular weight is 327 g/mol. The van der Waals surface area contributed by atoms with Crippen LogP contribution in [-0.4, -0.2) is 20.5 Å². The molecule has 1 atom stereocenters. The van der Waals surface area contributed by atoms with Gasteiger partial charge in [-0.15, -0.1) is 11.6 Å². The molecule has 0 aliphatic carbocycles. The van der Waals surface area contributed by atoms with Crippen LogP contribution in [0.3, 0.4) is 0 Å². The van der Waals surface area contributed by atoms with E-state index in [4.69, 9.17) is 11.6 Å². The molecule has 1 unspecified atom stereocenters. The number of para-hydroxylation sites is 1. The van der Waals surface area contributed by atoms with E-state index in [2.05, 4.69) is 9.38 Å². The highest BCUT2D eigenvalue weighted by atomic mass is 35.5. The molecule has 6 heteroatoms. The molecule has 21 heavy (non-hydrogen) atoms. The van der Waals surface area contributed by atoms with Gasteiger partial charge >= 0.3 is 0 Å². The van der Waals surface area contributed by atoms with Crippen LogP contribution in [0.4, 0.5) is 4.39 Å². The van der Waals surface area contributed by atoms with Gasteiger partial charge in [-0.25, -0.2) is 9.37 Å². The van der Waals surface area contributed by atoms with Crippen LogP contribution in [0.15, 0.2) is 28.7 Å². The maximum Gasteiger partial charge on any atom is 0.149 e. The third-order valence-electron chi connectivity index (χ3n) is 2.85. The van der Waals surface area contributed by atoms with Crippen molar-refractivity contribution in [1.82, 2.24) is 4.98 Å². The fraction of sp³-hybridized carbons (Fsp3) is 0.333. The SMILES string of the molecule is CC(C)(C)[S+]([O-])N=Cc1cc2cccc(F)c2nc1CCl. The van der Waals surface area contributed by atoms with E-state index in [1.807, 2.05) is 20.8 Å². The second kappa shape index (κ2) is 6.30. The topological polar surface area (TPSA) is 48.3 Å². The van der Waals surface area contributed by atoms with Gasteiger partial charge in [0.1, 0.15) is 27.4 Å². The summed E-state index contributed by atoms with van der Waals surface area (Å²) in [7, 11) is 0. The van der Waals surface area contributed by atoms with E-state index in [-0.39, 0.29) is 17.2 Å². The predicted octanol–water partition coefficient (Wildman–Crippen LogP) is 3.99. The summed E-state index contributed by atoms with van der Waals surface area (Å²) in [6, 6.07) is 6.50. The number of aromatic nitrogens is 1. The van der Waals surface area contributed by atoms with Crippen molar-refractivity contribution in [1.29, 1.82) is 0 Å². The zero-order valence-corrected chi connectivity index (χ0v) is 13.6. The summed E-state index contributed by atoms with van der Waals surface area (Å²) < 4.78 is 29.3. The number of hydrogen-bond acceptors (Lipinski definition) is 3. The minimum absolute atomic E-state index is 0.133. The normalized spacial score (nSPS) is 14.0. The first-order chi connectivity index (χ1) is 9.82. The average Bonchev–Trinajstić information content (AvgIpc) is 2.43. The van der Waals surface area contributed by atoms with Crippen molar-refractivity contribution in [3.63, 3.8) is 0 Å². The minimum atomic E-state index is -1.36. The molecule has 0 aliphatic rings. The van der Waals surface area contributed by atoms with Crippen LogP contribution in [0.1, 0.15) is 32.0 Å². The summed E-state index contributed by atoms with van der Waals surface area (Å²) in [4.78, 5) is 4.24. The fourth-order valence-corrected chi connectivity index (χ4v) is 2.44. The van der Waals surface area contributed by atoms with Crippen LogP contribution in [0.5, 0.6) is 0 Å². The van der Waals surface area contributed by atoms with Crippen molar-refractivity contribution in [2.24, 2.45) is 4.40 Å². The molecule has 0 amide bonds. The number of fused-ring (bicyclic) bond motifs is 1. The molecule has 0 fully saturated rings. The summed E-state index contributed by atoms with van der Waals surface area (Å²) in [5.74, 6) is -0.256. The smallest absolute Gasteiger partial charge is 0.149 e. The largest absolute Gasteiger partial charge is 0.591 e. The molecule has 0 spiro atoms. The van der Waals surface area contributed by atoms with Crippen molar-refractivity contribution in [3.8, 4) is 0 Å². The summed E-state index contributed by atoms with van der Waals surface area (Å²) in [5, 5.41) is 0.659. The number of nitrogens with zero attached hydrogens (tertiary/aromatic N) is 2. The zero-order chi connectivity index (χ0) is 15.6. The molecule has 0 saturated heterocycles. The zero-order valence-electron chi connectivity index (χ0n) is 12.1. The predicted molar refractivity (Wildman–Crippen MR) is 86.7 cm³/mol. The maximum absolute atomic E-state index is 13.7. The van der Waals surface area contributed by atoms with Crippen LogP contribution in [0, 0.1) is 5.82 Å². The van der Waals surface area contributed by atoms with Gasteiger partial charge in [-0.1, -0.05) is 16.5 Å². The number of pyridine rings is 1. The summed E-state index contributed by atoms with van der Waals surface area (Å²) in [6.45, 7) is 5.53. The monoisotopic (exact) mass is 326 g/mol. The van der Waals surface area contributed by atoms with Crippen LogP contribution < -0.4 is 0 Å². The Bertz CT molecular complexity index is 685. The number of hydrogen-bond donors (Lipinski definition) is 0. The van der Waals surface area contributed by atoms with Crippen LogP contribution in [-0.2, 0) is 17.2 Å². The van der Waals surface area contributed by atoms with E-state index in [9.17, 15) is 8.94 Å². The first kappa shape index (κ1) is 16.2. The molecule has 3 nitrogen and oxygen atoms in total. The lowest BCUT2D eigenvalue weighted by Crippen LogP contribution is -2.25. The van der Waals surface area contributed by atoms with E-state index < -0.39 is 16.1 Å². The van der Waals surface area contributed by atoms with Gasteiger partial charge in [0, 0.05) is 10.9 Å². The van der Waals surface area contributed by atoms with Gasteiger partial charge in [-0.3, -0.25) is 0 Å². The number of rotatable bonds is 3. The van der Waals surface area contributed by atoms with Crippen molar-refractivity contribution in [3.05, 3.63) is 41.3 Å². The van der Waals surface area contributed by atoms with Gasteiger partial charge in [0.2, 0.25) is 0 Å². The number of halogens is 2. The second-order valence-electron chi connectivity index (χ2n) is 5.57. The Morgan fingerprint density at radius 3 is 2.76 bits per heavy atom. The first-order valence-electron chi connectivity index (χ1n) is 6.43. The number of benzene rings is 1. The Balaban J connectivity index is 2.46. The highest BCUT2D eigenvalue weighted by Gasteiger charge is 2.26. The number of alkyl halides is 1. The van der Waals surface area contributed by atoms with E-state index in [1.165, 1.54) is 12.3 Å². The maximum atomic E-state index is 13.7. The van der Waals surface area contributed by atoms with E-state index in [0.717, 1.165) is 0 Å². The van der Waals surface area contributed by atoms with Gasteiger partial charge < -0.3 is 4.55 Å². The Kier molecular flexibility index (Phi) is 4.86. The molecule has 0 radical (unpaired) electrons. The standard InChI is InChI=1S/C15H16ClFN2OS/c1-15(2,3)21(20)18-9-11-7-10-5-4-6-12(17)14(10)19-13(11)8-16/h4-7,9H,8H2,1-3H3. The van der Waals surface area contributed by atoms with Gasteiger partial charge in [-0.05, 0) is 32.9 Å². The molecule has 112 valence electrons. The lowest BCUT2D eigenvalue weighted by Gasteiger charge is -2.17. The van der Waals surface area contributed by atoms with E-state index in [0.29, 0.717) is 16.6 Å². The Labute approximate surface area is 131 Å². The van der Waals surface area contributed by atoms with Gasteiger partial charge in [-0.2, -0.15) is 0 Å². The molecule has 2 aromatic rings. The van der Waals surface area contributed by atoms with Crippen molar-refractivity contribution < 1.29 is 8.94 Å². The molecule has 0 N–H and O–H groups in total. The van der Waals surface area contributed by atoms with Crippen molar-refractivity contribution in [2.75, 3.05) is 0 Å². The first-order valence-corrected chi connectivity index (χ1v) is 8.07. The van der Waals surface area contributed by atoms with Crippen LogP contribution in [0.25, 0.3) is 10.9 Å². The fourth-order valence-electron chi connectivity index (χ4n) is 1.70. The molecule has 0 bridgehead atoms.